The van der Waals surface area contributed by atoms with Gasteiger partial charge in [-0.2, -0.15) is 0 Å². The third-order valence-electron chi connectivity index (χ3n) is 4.59. The normalized spacial score (nSPS) is 16.6. The van der Waals surface area contributed by atoms with Gasteiger partial charge < -0.3 is 15.0 Å². The van der Waals surface area contributed by atoms with Gasteiger partial charge >= 0.3 is 0 Å². The van der Waals surface area contributed by atoms with E-state index in [0.717, 1.165) is 35.5 Å². The van der Waals surface area contributed by atoms with Gasteiger partial charge in [-0.15, -0.1) is 0 Å². The highest BCUT2D eigenvalue weighted by Gasteiger charge is 2.33. The minimum Gasteiger partial charge on any atom is -0.370 e. The fourth-order valence-corrected chi connectivity index (χ4v) is 3.22. The molecule has 1 heterocycles. The number of carbonyl (C=O) groups excluding carboxylic acids is 1. The average molecular weight is 325 g/mol. The molecule has 0 spiro atoms. The molecule has 2 aromatic carbocycles. The largest absolute Gasteiger partial charge is 0.370 e. The molecule has 1 amide bonds. The van der Waals surface area contributed by atoms with Crippen LogP contribution in [0.4, 0.5) is 5.69 Å². The van der Waals surface area contributed by atoms with E-state index in [2.05, 4.69) is 11.4 Å². The van der Waals surface area contributed by atoms with Gasteiger partial charge in [0.15, 0.2) is 6.04 Å². The Morgan fingerprint density at radius 2 is 1.79 bits per heavy atom. The Morgan fingerprint density at radius 1 is 1.08 bits per heavy atom. The molecule has 0 unspecified atom stereocenters. The maximum absolute atomic E-state index is 13.1. The lowest BCUT2D eigenvalue weighted by Crippen LogP contribution is -3.15. The van der Waals surface area contributed by atoms with Gasteiger partial charge in [-0.05, 0) is 31.0 Å². The van der Waals surface area contributed by atoms with Crippen molar-refractivity contribution in [1.82, 2.24) is 0 Å². The highest BCUT2D eigenvalue weighted by molar-refractivity contribution is 5.95. The van der Waals surface area contributed by atoms with E-state index >= 15 is 0 Å². The number of nitrogens with one attached hydrogen (secondary N) is 2. The first-order valence-electron chi connectivity index (χ1n) is 8.50. The van der Waals surface area contributed by atoms with E-state index in [1.165, 1.54) is 4.90 Å². The van der Waals surface area contributed by atoms with Crippen LogP contribution in [0.3, 0.4) is 0 Å². The Balaban J connectivity index is 1.87. The summed E-state index contributed by atoms with van der Waals surface area (Å²) in [6, 6.07) is 16.0. The Labute approximate surface area is 143 Å². The molecular weight excluding hydrogens is 300 g/mol. The molecule has 4 heteroatoms. The zero-order chi connectivity index (χ0) is 16.9. The van der Waals surface area contributed by atoms with Crippen LogP contribution in [0.1, 0.15) is 22.7 Å². The summed E-state index contributed by atoms with van der Waals surface area (Å²) in [6.07, 6.45) is 0. The summed E-state index contributed by atoms with van der Waals surface area (Å²) in [5.74, 6) is 0.0480. The lowest BCUT2D eigenvalue weighted by molar-refractivity contribution is -0.929. The zero-order valence-corrected chi connectivity index (χ0v) is 14.3. The standard InChI is InChI=1S/C20H24N2O2/c1-15-8-9-16(2)18(14-15)21-20(23)19(17-6-4-3-5-7-17)22-10-12-24-13-11-22/h3-9,14,19H,10-13H2,1-2H3,(H,21,23)/p+1/t19-/m1/s1. The molecule has 1 saturated heterocycles. The number of anilines is 1. The number of morpholine rings is 1. The first-order valence-corrected chi connectivity index (χ1v) is 8.50. The van der Waals surface area contributed by atoms with Gasteiger partial charge in [-0.3, -0.25) is 4.79 Å². The summed E-state index contributed by atoms with van der Waals surface area (Å²) in [6.45, 7) is 7.16. The topological polar surface area (TPSA) is 42.8 Å². The Bertz CT molecular complexity index is 694. The molecule has 126 valence electrons. The van der Waals surface area contributed by atoms with Crippen molar-refractivity contribution >= 4 is 11.6 Å². The molecule has 1 fully saturated rings. The summed E-state index contributed by atoms with van der Waals surface area (Å²) in [7, 11) is 0. The van der Waals surface area contributed by atoms with Crippen LogP contribution in [0.25, 0.3) is 0 Å². The van der Waals surface area contributed by atoms with E-state index in [1.54, 1.807) is 0 Å². The van der Waals surface area contributed by atoms with Crippen LogP contribution in [0.2, 0.25) is 0 Å². The lowest BCUT2D eigenvalue weighted by atomic mass is 10.0. The summed E-state index contributed by atoms with van der Waals surface area (Å²) < 4.78 is 5.47. The van der Waals surface area contributed by atoms with E-state index in [1.807, 2.05) is 56.3 Å². The van der Waals surface area contributed by atoms with Crippen LogP contribution in [-0.4, -0.2) is 32.2 Å². The van der Waals surface area contributed by atoms with Crippen LogP contribution in [0.15, 0.2) is 48.5 Å². The second-order valence-electron chi connectivity index (χ2n) is 6.42. The number of rotatable bonds is 4. The lowest BCUT2D eigenvalue weighted by Gasteiger charge is -2.31. The molecule has 1 aliphatic rings. The van der Waals surface area contributed by atoms with Crippen molar-refractivity contribution in [3.63, 3.8) is 0 Å². The molecule has 1 aliphatic heterocycles. The highest BCUT2D eigenvalue weighted by Crippen LogP contribution is 2.19. The second kappa shape index (κ2) is 7.60. The van der Waals surface area contributed by atoms with Gasteiger partial charge in [-0.1, -0.05) is 42.5 Å². The zero-order valence-electron chi connectivity index (χ0n) is 14.3. The van der Waals surface area contributed by atoms with Gasteiger partial charge in [-0.25, -0.2) is 0 Å². The van der Waals surface area contributed by atoms with Crippen molar-refractivity contribution in [1.29, 1.82) is 0 Å². The van der Waals surface area contributed by atoms with Crippen LogP contribution < -0.4 is 10.2 Å². The van der Waals surface area contributed by atoms with Crippen LogP contribution in [0, 0.1) is 13.8 Å². The molecule has 1 atom stereocenters. The number of quaternary nitrogens is 1. The predicted octanol–water partition coefficient (Wildman–Crippen LogP) is 1.90. The summed E-state index contributed by atoms with van der Waals surface area (Å²) in [5, 5.41) is 3.15. The fraction of sp³-hybridized carbons (Fsp3) is 0.350. The van der Waals surface area contributed by atoms with E-state index in [4.69, 9.17) is 4.74 Å². The maximum Gasteiger partial charge on any atom is 0.287 e. The first-order chi connectivity index (χ1) is 11.6. The van der Waals surface area contributed by atoms with E-state index in [0.29, 0.717) is 13.2 Å². The average Bonchev–Trinajstić information content (AvgIpc) is 2.60. The van der Waals surface area contributed by atoms with E-state index < -0.39 is 0 Å². The summed E-state index contributed by atoms with van der Waals surface area (Å²) in [4.78, 5) is 14.4. The molecule has 0 saturated carbocycles. The third-order valence-corrected chi connectivity index (χ3v) is 4.59. The quantitative estimate of drug-likeness (QED) is 0.902. The molecule has 2 N–H and O–H groups in total. The van der Waals surface area contributed by atoms with Crippen molar-refractivity contribution < 1.29 is 14.4 Å². The van der Waals surface area contributed by atoms with Crippen molar-refractivity contribution in [3.8, 4) is 0 Å². The second-order valence-corrected chi connectivity index (χ2v) is 6.42. The molecule has 3 rings (SSSR count). The third kappa shape index (κ3) is 3.83. The Morgan fingerprint density at radius 3 is 2.50 bits per heavy atom. The van der Waals surface area contributed by atoms with Crippen molar-refractivity contribution in [3.05, 3.63) is 65.2 Å². The van der Waals surface area contributed by atoms with E-state index in [-0.39, 0.29) is 11.9 Å². The van der Waals surface area contributed by atoms with Crippen LogP contribution in [0.5, 0.6) is 0 Å². The number of ether oxygens (including phenoxy) is 1. The van der Waals surface area contributed by atoms with Crippen molar-refractivity contribution in [2.45, 2.75) is 19.9 Å². The molecule has 0 aromatic heterocycles. The number of amides is 1. The van der Waals surface area contributed by atoms with Gasteiger partial charge in [0.2, 0.25) is 0 Å². The number of hydrogen-bond donors (Lipinski definition) is 2. The predicted molar refractivity (Wildman–Crippen MR) is 95.2 cm³/mol. The molecule has 0 bridgehead atoms. The fourth-order valence-electron chi connectivity index (χ4n) is 3.22. The van der Waals surface area contributed by atoms with Crippen LogP contribution in [-0.2, 0) is 9.53 Å². The van der Waals surface area contributed by atoms with Crippen LogP contribution >= 0.6 is 0 Å². The molecule has 24 heavy (non-hydrogen) atoms. The molecule has 0 aliphatic carbocycles. The van der Waals surface area contributed by atoms with Gasteiger partial charge in [0.1, 0.15) is 13.1 Å². The van der Waals surface area contributed by atoms with E-state index in [9.17, 15) is 4.79 Å². The Hall–Kier alpha value is -2.17. The van der Waals surface area contributed by atoms with Gasteiger partial charge in [0, 0.05) is 11.3 Å². The SMILES string of the molecule is Cc1ccc(C)c(NC(=O)[C@@H](c2ccccc2)[NH+]2CCOCC2)c1. The first kappa shape index (κ1) is 16.7. The highest BCUT2D eigenvalue weighted by atomic mass is 16.5. The summed E-state index contributed by atoms with van der Waals surface area (Å²) in [5.41, 5.74) is 4.18. The molecule has 0 radical (unpaired) electrons. The van der Waals surface area contributed by atoms with Gasteiger partial charge in [0.05, 0.1) is 13.2 Å². The molecule has 4 nitrogen and oxygen atoms in total. The summed E-state index contributed by atoms with van der Waals surface area (Å²) >= 11 is 0. The van der Waals surface area contributed by atoms with Crippen molar-refractivity contribution in [2.75, 3.05) is 31.6 Å². The minimum absolute atomic E-state index is 0.0480. The monoisotopic (exact) mass is 325 g/mol. The number of carbonyl (C=O) groups is 1. The van der Waals surface area contributed by atoms with Gasteiger partial charge in [0.25, 0.3) is 5.91 Å². The number of aryl methyl sites for hydroxylation is 2. The smallest absolute Gasteiger partial charge is 0.287 e. The number of benzene rings is 2. The Kier molecular flexibility index (Phi) is 5.28. The maximum atomic E-state index is 13.1. The molecular formula is C20H25N2O2+. The number of hydrogen-bond acceptors (Lipinski definition) is 2. The minimum atomic E-state index is -0.213. The molecule has 2 aromatic rings. The van der Waals surface area contributed by atoms with Crippen molar-refractivity contribution in [2.24, 2.45) is 0 Å².